The smallest absolute Gasteiger partial charge is 0.326 e. The molecule has 0 amide bonds. The number of fused-ring (bicyclic) bond motifs is 2. The molecule has 3 N–H and O–H groups in total. The molecule has 0 bridgehead atoms. The molecule has 1 fully saturated rings. The quantitative estimate of drug-likeness (QED) is 0.631. The van der Waals surface area contributed by atoms with Crippen molar-refractivity contribution < 1.29 is 4.74 Å². The predicted molar refractivity (Wildman–Crippen MR) is 125 cm³/mol. The lowest BCUT2D eigenvalue weighted by atomic mass is 9.91. The van der Waals surface area contributed by atoms with Crippen LogP contribution < -0.4 is 16.2 Å². The lowest BCUT2D eigenvalue weighted by Crippen LogP contribution is -2.47. The number of ether oxygens (including phenoxy) is 1. The second-order valence-electron chi connectivity index (χ2n) is 9.65. The van der Waals surface area contributed by atoms with Gasteiger partial charge in [0, 0.05) is 43.3 Å². The van der Waals surface area contributed by atoms with Gasteiger partial charge >= 0.3 is 5.69 Å². The number of para-hydroxylation sites is 2. The molecule has 0 aliphatic carbocycles. The van der Waals surface area contributed by atoms with Gasteiger partial charge in [0.15, 0.2) is 0 Å². The number of hydrogen-bond donors (Lipinski definition) is 2. The highest BCUT2D eigenvalue weighted by molar-refractivity contribution is 5.75. The Morgan fingerprint density at radius 1 is 1.13 bits per heavy atom. The highest BCUT2D eigenvalue weighted by Gasteiger charge is 2.40. The summed E-state index contributed by atoms with van der Waals surface area (Å²) in [5, 5.41) is 0. The van der Waals surface area contributed by atoms with Crippen LogP contribution in [0.25, 0.3) is 11.0 Å². The summed E-state index contributed by atoms with van der Waals surface area (Å²) in [5.41, 5.74) is 13.6. The third-order valence-electron chi connectivity index (χ3n) is 7.44. The van der Waals surface area contributed by atoms with E-state index in [1.54, 1.807) is 0 Å². The van der Waals surface area contributed by atoms with Gasteiger partial charge in [-0.3, -0.25) is 9.47 Å². The van der Waals surface area contributed by atoms with Crippen LogP contribution in [-0.2, 0) is 6.42 Å². The van der Waals surface area contributed by atoms with E-state index in [-0.39, 0.29) is 17.3 Å². The van der Waals surface area contributed by atoms with Crippen LogP contribution in [0, 0.1) is 20.8 Å². The summed E-state index contributed by atoms with van der Waals surface area (Å²) in [5.74, 6) is 1.03. The lowest BCUT2D eigenvalue weighted by molar-refractivity contribution is 0.0483. The number of H-pyrrole nitrogens is 1. The number of nitrogens with zero attached hydrogens (tertiary/aromatic N) is 2. The van der Waals surface area contributed by atoms with E-state index in [0.717, 1.165) is 66.9 Å². The Kier molecular flexibility index (Phi) is 4.66. The molecule has 2 aliphatic heterocycles. The maximum Gasteiger partial charge on any atom is 0.326 e. The molecule has 1 unspecified atom stereocenters. The standard InChI is InChI=1S/C25H32N4O2/c1-15-16(2)23-19(17(3)22(15)26)13-25(4,31-23)14-28-11-9-18(10-12-28)29-21-8-6-5-7-20(21)27-24(29)30/h5-8,18H,9-14,26H2,1-4H3,(H,27,30). The summed E-state index contributed by atoms with van der Waals surface area (Å²) in [6, 6.07) is 8.19. The van der Waals surface area contributed by atoms with E-state index >= 15 is 0 Å². The van der Waals surface area contributed by atoms with Crippen molar-refractivity contribution >= 4 is 16.7 Å². The van der Waals surface area contributed by atoms with E-state index < -0.39 is 0 Å². The number of anilines is 1. The Morgan fingerprint density at radius 2 is 1.84 bits per heavy atom. The van der Waals surface area contributed by atoms with Crippen LogP contribution >= 0.6 is 0 Å². The van der Waals surface area contributed by atoms with Crippen LogP contribution in [0.2, 0.25) is 0 Å². The number of hydrogen-bond acceptors (Lipinski definition) is 4. The Hall–Kier alpha value is -2.73. The molecule has 6 heteroatoms. The van der Waals surface area contributed by atoms with E-state index in [1.807, 2.05) is 28.8 Å². The first-order chi connectivity index (χ1) is 14.8. The number of likely N-dealkylation sites (tertiary alicyclic amines) is 1. The van der Waals surface area contributed by atoms with Crippen LogP contribution in [0.5, 0.6) is 5.75 Å². The predicted octanol–water partition coefficient (Wildman–Crippen LogP) is 3.87. The van der Waals surface area contributed by atoms with Crippen molar-refractivity contribution in [1.29, 1.82) is 0 Å². The van der Waals surface area contributed by atoms with Crippen LogP contribution in [0.1, 0.15) is 48.1 Å². The largest absolute Gasteiger partial charge is 0.485 e. The third kappa shape index (κ3) is 3.24. The minimum absolute atomic E-state index is 0.0000895. The van der Waals surface area contributed by atoms with Crippen molar-refractivity contribution in [1.82, 2.24) is 14.5 Å². The highest BCUT2D eigenvalue weighted by atomic mass is 16.5. The van der Waals surface area contributed by atoms with Gasteiger partial charge < -0.3 is 15.5 Å². The molecule has 1 atom stereocenters. The fraction of sp³-hybridized carbons (Fsp3) is 0.480. The van der Waals surface area contributed by atoms with E-state index in [2.05, 4.69) is 37.6 Å². The van der Waals surface area contributed by atoms with Gasteiger partial charge in [-0.25, -0.2) is 4.79 Å². The number of imidazole rings is 1. The molecule has 5 rings (SSSR count). The molecule has 2 aliphatic rings. The van der Waals surface area contributed by atoms with E-state index in [1.165, 1.54) is 16.7 Å². The summed E-state index contributed by atoms with van der Waals surface area (Å²) < 4.78 is 8.52. The number of piperidine rings is 1. The maximum absolute atomic E-state index is 12.6. The number of aromatic nitrogens is 2. The molecule has 164 valence electrons. The summed E-state index contributed by atoms with van der Waals surface area (Å²) in [6.07, 6.45) is 2.82. The number of nitrogen functional groups attached to an aromatic ring is 1. The van der Waals surface area contributed by atoms with Gasteiger partial charge in [0.25, 0.3) is 0 Å². The van der Waals surface area contributed by atoms with Crippen molar-refractivity contribution in [2.75, 3.05) is 25.4 Å². The molecule has 1 saturated heterocycles. The van der Waals surface area contributed by atoms with Crippen LogP contribution in [0.15, 0.2) is 29.1 Å². The maximum atomic E-state index is 12.6. The summed E-state index contributed by atoms with van der Waals surface area (Å²) >= 11 is 0. The van der Waals surface area contributed by atoms with Gasteiger partial charge in [-0.1, -0.05) is 12.1 Å². The lowest BCUT2D eigenvalue weighted by Gasteiger charge is -2.37. The van der Waals surface area contributed by atoms with Gasteiger partial charge in [-0.05, 0) is 69.4 Å². The minimum atomic E-state index is -0.247. The zero-order chi connectivity index (χ0) is 21.9. The molecule has 1 aromatic heterocycles. The summed E-state index contributed by atoms with van der Waals surface area (Å²) in [7, 11) is 0. The molecule has 6 nitrogen and oxygen atoms in total. The number of benzene rings is 2. The first kappa shape index (κ1) is 20.2. The molecule has 0 spiro atoms. The zero-order valence-corrected chi connectivity index (χ0v) is 18.9. The van der Waals surface area contributed by atoms with Gasteiger partial charge in [-0.2, -0.15) is 0 Å². The third-order valence-corrected chi connectivity index (χ3v) is 7.44. The second kappa shape index (κ2) is 7.16. The van der Waals surface area contributed by atoms with Crippen molar-refractivity contribution in [3.8, 4) is 5.75 Å². The molecular formula is C25H32N4O2. The first-order valence-electron chi connectivity index (χ1n) is 11.3. The first-order valence-corrected chi connectivity index (χ1v) is 11.3. The number of nitrogens with one attached hydrogen (secondary N) is 1. The summed E-state index contributed by atoms with van der Waals surface area (Å²) in [6.45, 7) is 11.3. The highest BCUT2D eigenvalue weighted by Crippen LogP contribution is 2.44. The number of nitrogens with two attached hydrogens (primary N) is 1. The van der Waals surface area contributed by atoms with Gasteiger partial charge in [-0.15, -0.1) is 0 Å². The van der Waals surface area contributed by atoms with Crippen LogP contribution in [-0.4, -0.2) is 39.7 Å². The SMILES string of the molecule is Cc1c(C)c2c(c(C)c1N)CC(C)(CN1CCC(n3c(=O)[nH]c4ccccc43)CC1)O2. The fourth-order valence-electron chi connectivity index (χ4n) is 5.55. The van der Waals surface area contributed by atoms with Gasteiger partial charge in [0.2, 0.25) is 0 Å². The fourth-order valence-corrected chi connectivity index (χ4v) is 5.55. The number of rotatable bonds is 3. The Labute approximate surface area is 183 Å². The topological polar surface area (TPSA) is 76.3 Å². The molecule has 31 heavy (non-hydrogen) atoms. The van der Waals surface area contributed by atoms with Crippen molar-refractivity contribution in [3.05, 3.63) is 57.0 Å². The molecule has 0 saturated carbocycles. The molecule has 3 heterocycles. The van der Waals surface area contributed by atoms with E-state index in [0.29, 0.717) is 0 Å². The van der Waals surface area contributed by atoms with Crippen LogP contribution in [0.3, 0.4) is 0 Å². The van der Waals surface area contributed by atoms with Crippen molar-refractivity contribution in [2.45, 2.75) is 58.6 Å². The van der Waals surface area contributed by atoms with Gasteiger partial charge in [0.05, 0.1) is 11.0 Å². The normalized spacial score (nSPS) is 22.1. The second-order valence-corrected chi connectivity index (χ2v) is 9.65. The molecular weight excluding hydrogens is 388 g/mol. The Morgan fingerprint density at radius 3 is 2.58 bits per heavy atom. The Balaban J connectivity index is 1.30. The molecule has 2 aromatic carbocycles. The van der Waals surface area contributed by atoms with E-state index in [9.17, 15) is 4.79 Å². The van der Waals surface area contributed by atoms with Crippen molar-refractivity contribution in [2.24, 2.45) is 0 Å². The zero-order valence-electron chi connectivity index (χ0n) is 18.9. The van der Waals surface area contributed by atoms with Crippen LogP contribution in [0.4, 0.5) is 5.69 Å². The Bertz CT molecular complexity index is 1180. The average molecular weight is 421 g/mol. The van der Waals surface area contributed by atoms with Crippen molar-refractivity contribution in [3.63, 3.8) is 0 Å². The van der Waals surface area contributed by atoms with E-state index in [4.69, 9.17) is 10.5 Å². The van der Waals surface area contributed by atoms with Gasteiger partial charge in [0.1, 0.15) is 11.4 Å². The average Bonchev–Trinajstić information content (AvgIpc) is 3.28. The monoisotopic (exact) mass is 420 g/mol. The summed E-state index contributed by atoms with van der Waals surface area (Å²) in [4.78, 5) is 18.0. The molecule has 0 radical (unpaired) electrons. The molecule has 3 aromatic rings. The number of aromatic amines is 1. The minimum Gasteiger partial charge on any atom is -0.485 e.